The highest BCUT2D eigenvalue weighted by atomic mass is 35.5. The topological polar surface area (TPSA) is 63.2 Å². The Kier molecular flexibility index (Phi) is 10.8. The van der Waals surface area contributed by atoms with Gasteiger partial charge < -0.3 is 5.32 Å². The lowest BCUT2D eigenvalue weighted by Gasteiger charge is -2.19. The lowest BCUT2D eigenvalue weighted by Crippen LogP contribution is -2.39. The van der Waals surface area contributed by atoms with Crippen LogP contribution < -0.4 is 5.32 Å². The number of benzene rings is 2. The summed E-state index contributed by atoms with van der Waals surface area (Å²) in [6.45, 7) is 4.71. The van der Waals surface area contributed by atoms with Gasteiger partial charge in [0.25, 0.3) is 5.91 Å². The van der Waals surface area contributed by atoms with Crippen LogP contribution in [0.4, 0.5) is 26.3 Å². The standard InChI is InChI=1S/C25H24Cl3F6NO3S/c1-13(2)11-39(37,38)12-14(3)35-23(36)17-6-4-15(8-19(17)25(32,33)34)5-7-18(24(29,30)31)16-9-20(26)22(28)21(27)10-16/h4-10,13-14,18H,11-12H2,1-3H3,(H,35,36)/b7-5+/t14-,18?/m1/s1. The molecule has 2 atom stereocenters. The zero-order valence-electron chi connectivity index (χ0n) is 20.7. The number of sulfone groups is 1. The minimum atomic E-state index is -5.04. The van der Waals surface area contributed by atoms with E-state index in [9.17, 15) is 39.6 Å². The Morgan fingerprint density at radius 1 is 0.949 bits per heavy atom. The smallest absolute Gasteiger partial charge is 0.349 e. The van der Waals surface area contributed by atoms with Gasteiger partial charge in [-0.1, -0.05) is 66.9 Å². The van der Waals surface area contributed by atoms with Gasteiger partial charge in [-0.3, -0.25) is 4.79 Å². The average Bonchev–Trinajstić information content (AvgIpc) is 2.74. The van der Waals surface area contributed by atoms with Gasteiger partial charge in [-0.25, -0.2) is 8.42 Å². The molecular weight excluding hydrogens is 615 g/mol. The zero-order valence-corrected chi connectivity index (χ0v) is 23.8. The zero-order chi connectivity index (χ0) is 29.9. The normalized spacial score (nSPS) is 14.6. The molecule has 0 aliphatic heterocycles. The molecule has 0 radical (unpaired) electrons. The van der Waals surface area contributed by atoms with E-state index in [0.717, 1.165) is 30.3 Å². The van der Waals surface area contributed by atoms with Crippen molar-refractivity contribution in [1.29, 1.82) is 0 Å². The monoisotopic (exact) mass is 637 g/mol. The van der Waals surface area contributed by atoms with E-state index in [4.69, 9.17) is 34.8 Å². The van der Waals surface area contributed by atoms with E-state index in [-0.39, 0.29) is 37.9 Å². The summed E-state index contributed by atoms with van der Waals surface area (Å²) in [5, 5.41) is 1.63. The first kappa shape index (κ1) is 33.3. The first-order valence-corrected chi connectivity index (χ1v) is 14.3. The van der Waals surface area contributed by atoms with Crippen molar-refractivity contribution in [3.63, 3.8) is 0 Å². The number of hydrogen-bond acceptors (Lipinski definition) is 3. The van der Waals surface area contributed by atoms with Crippen LogP contribution in [0.15, 0.2) is 36.4 Å². The first-order valence-electron chi connectivity index (χ1n) is 11.3. The second-order valence-electron chi connectivity index (χ2n) is 9.32. The maximum Gasteiger partial charge on any atom is 0.417 e. The van der Waals surface area contributed by atoms with Gasteiger partial charge in [0, 0.05) is 6.04 Å². The van der Waals surface area contributed by atoms with Gasteiger partial charge in [0.1, 0.15) is 0 Å². The fraction of sp³-hybridized carbons (Fsp3) is 0.400. The highest BCUT2D eigenvalue weighted by Crippen LogP contribution is 2.41. The van der Waals surface area contributed by atoms with E-state index < -0.39 is 56.9 Å². The van der Waals surface area contributed by atoms with E-state index >= 15 is 0 Å². The van der Waals surface area contributed by atoms with Gasteiger partial charge >= 0.3 is 12.4 Å². The fourth-order valence-electron chi connectivity index (χ4n) is 3.77. The Bertz CT molecular complexity index is 1320. The molecule has 0 heterocycles. The van der Waals surface area contributed by atoms with E-state index in [2.05, 4.69) is 5.32 Å². The number of amides is 1. The van der Waals surface area contributed by atoms with Crippen LogP contribution in [0, 0.1) is 5.92 Å². The summed E-state index contributed by atoms with van der Waals surface area (Å²) >= 11 is 17.5. The molecule has 0 aromatic heterocycles. The Hall–Kier alpha value is -1.95. The summed E-state index contributed by atoms with van der Waals surface area (Å²) in [5.41, 5.74) is -2.87. The molecule has 216 valence electrons. The lowest BCUT2D eigenvalue weighted by atomic mass is 9.96. The van der Waals surface area contributed by atoms with Crippen LogP contribution in [-0.2, 0) is 16.0 Å². The summed E-state index contributed by atoms with van der Waals surface area (Å²) in [6.07, 6.45) is -8.43. The molecule has 14 heteroatoms. The van der Waals surface area contributed by atoms with Crippen molar-refractivity contribution in [3.05, 3.63) is 73.7 Å². The summed E-state index contributed by atoms with van der Waals surface area (Å²) in [6, 6.07) is 3.29. The average molecular weight is 639 g/mol. The second-order valence-corrected chi connectivity index (χ2v) is 12.7. The van der Waals surface area contributed by atoms with Crippen molar-refractivity contribution in [2.45, 2.75) is 45.1 Å². The number of halogens is 9. The maximum atomic E-state index is 13.8. The highest BCUT2D eigenvalue weighted by Gasteiger charge is 2.40. The Morgan fingerprint density at radius 3 is 2.00 bits per heavy atom. The van der Waals surface area contributed by atoms with E-state index in [0.29, 0.717) is 12.1 Å². The van der Waals surface area contributed by atoms with Gasteiger partial charge in [-0.05, 0) is 48.2 Å². The van der Waals surface area contributed by atoms with Crippen LogP contribution in [0.3, 0.4) is 0 Å². The third-order valence-corrected chi connectivity index (χ3v) is 8.64. The van der Waals surface area contributed by atoms with Gasteiger partial charge in [-0.15, -0.1) is 0 Å². The summed E-state index contributed by atoms with van der Waals surface area (Å²) < 4.78 is 107. The molecule has 0 spiro atoms. The van der Waals surface area contributed by atoms with Gasteiger partial charge in [0.2, 0.25) is 0 Å². The molecular formula is C25H24Cl3F6NO3S. The molecule has 39 heavy (non-hydrogen) atoms. The molecule has 1 N–H and O–H groups in total. The SMILES string of the molecule is CC(C)CS(=O)(=O)C[C@@H](C)NC(=O)c1ccc(/C=C/C(c2cc(Cl)c(Cl)c(Cl)c2)C(F)(F)F)cc1C(F)(F)F. The number of alkyl halides is 6. The van der Waals surface area contributed by atoms with Crippen LogP contribution >= 0.6 is 34.8 Å². The fourth-order valence-corrected chi connectivity index (χ4v) is 6.38. The van der Waals surface area contributed by atoms with Gasteiger partial charge in [0.05, 0.1) is 43.6 Å². The number of carbonyl (C=O) groups excluding carboxylic acids is 1. The molecule has 2 aromatic carbocycles. The number of rotatable bonds is 9. The van der Waals surface area contributed by atoms with Gasteiger partial charge in [0.15, 0.2) is 9.84 Å². The van der Waals surface area contributed by atoms with Crippen molar-refractivity contribution in [2.75, 3.05) is 11.5 Å². The molecule has 0 fully saturated rings. The van der Waals surface area contributed by atoms with Crippen LogP contribution in [0.2, 0.25) is 15.1 Å². The first-order chi connectivity index (χ1) is 17.7. The number of allylic oxidation sites excluding steroid dienone is 1. The highest BCUT2D eigenvalue weighted by molar-refractivity contribution is 7.91. The molecule has 2 rings (SSSR count). The molecule has 0 saturated carbocycles. The minimum absolute atomic E-state index is 0.150. The Labute approximate surface area is 237 Å². The second kappa shape index (κ2) is 12.7. The quantitative estimate of drug-likeness (QED) is 0.222. The van der Waals surface area contributed by atoms with Crippen LogP contribution in [0.1, 0.15) is 53.7 Å². The Morgan fingerprint density at radius 2 is 1.51 bits per heavy atom. The summed E-state index contributed by atoms with van der Waals surface area (Å²) in [4.78, 5) is 12.6. The number of nitrogens with one attached hydrogen (secondary N) is 1. The minimum Gasteiger partial charge on any atom is -0.349 e. The van der Waals surface area contributed by atoms with Crippen molar-refractivity contribution < 1.29 is 39.6 Å². The van der Waals surface area contributed by atoms with Crippen molar-refractivity contribution in [1.82, 2.24) is 5.32 Å². The van der Waals surface area contributed by atoms with E-state index in [1.807, 2.05) is 0 Å². The van der Waals surface area contributed by atoms with Gasteiger partial charge in [-0.2, -0.15) is 26.3 Å². The molecule has 1 amide bonds. The number of hydrogen-bond donors (Lipinski definition) is 1. The maximum absolute atomic E-state index is 13.8. The molecule has 2 aromatic rings. The number of carbonyl (C=O) groups is 1. The summed E-state index contributed by atoms with van der Waals surface area (Å²) in [7, 11) is -3.57. The van der Waals surface area contributed by atoms with E-state index in [1.165, 1.54) is 6.92 Å². The summed E-state index contributed by atoms with van der Waals surface area (Å²) in [5.74, 6) is -4.27. The van der Waals surface area contributed by atoms with Crippen molar-refractivity contribution in [2.24, 2.45) is 5.92 Å². The van der Waals surface area contributed by atoms with E-state index in [1.54, 1.807) is 13.8 Å². The third kappa shape index (κ3) is 9.58. The van der Waals surface area contributed by atoms with Crippen LogP contribution in [0.25, 0.3) is 6.08 Å². The van der Waals surface area contributed by atoms with Crippen molar-refractivity contribution in [3.8, 4) is 0 Å². The van der Waals surface area contributed by atoms with Crippen LogP contribution in [-0.4, -0.2) is 38.0 Å². The Balaban J connectivity index is 2.39. The van der Waals surface area contributed by atoms with Crippen LogP contribution in [0.5, 0.6) is 0 Å². The largest absolute Gasteiger partial charge is 0.417 e. The molecule has 1 unspecified atom stereocenters. The third-order valence-electron chi connectivity index (χ3n) is 5.26. The predicted molar refractivity (Wildman–Crippen MR) is 141 cm³/mol. The predicted octanol–water partition coefficient (Wildman–Crippen LogP) is 8.21. The molecule has 0 saturated heterocycles. The lowest BCUT2D eigenvalue weighted by molar-refractivity contribution is -0.139. The molecule has 4 nitrogen and oxygen atoms in total. The molecule has 0 aliphatic carbocycles. The molecule has 0 bridgehead atoms. The van der Waals surface area contributed by atoms with Crippen molar-refractivity contribution >= 4 is 56.6 Å². The molecule has 0 aliphatic rings.